The summed E-state index contributed by atoms with van der Waals surface area (Å²) in [6, 6.07) is 1.44. The summed E-state index contributed by atoms with van der Waals surface area (Å²) in [5, 5.41) is 13.7. The first kappa shape index (κ1) is 13.4. The van der Waals surface area contributed by atoms with Crippen LogP contribution in [0.25, 0.3) is 0 Å². The topological polar surface area (TPSA) is 77.3 Å². The average molecular weight is 239 g/mol. The second kappa shape index (κ2) is 6.15. The summed E-state index contributed by atoms with van der Waals surface area (Å²) in [4.78, 5) is 14.4. The summed E-state index contributed by atoms with van der Waals surface area (Å²) in [6.07, 6.45) is 1.67. The van der Waals surface area contributed by atoms with Gasteiger partial charge in [-0.05, 0) is 20.8 Å². The number of nitrogens with zero attached hydrogens (tertiary/aromatic N) is 2. The van der Waals surface area contributed by atoms with Gasteiger partial charge >= 0.3 is 0 Å². The number of hydrogen-bond donors (Lipinski definition) is 1. The van der Waals surface area contributed by atoms with E-state index in [4.69, 9.17) is 4.74 Å². The third-order valence-electron chi connectivity index (χ3n) is 2.13. The van der Waals surface area contributed by atoms with Crippen LogP contribution >= 0.6 is 0 Å². The molecule has 0 atom stereocenters. The lowest BCUT2D eigenvalue weighted by atomic mass is 10.2. The van der Waals surface area contributed by atoms with Crippen LogP contribution in [0.15, 0.2) is 12.3 Å². The number of pyridine rings is 1. The molecule has 1 aromatic rings. The maximum Gasteiger partial charge on any atom is 0.277 e. The Morgan fingerprint density at radius 1 is 1.59 bits per heavy atom. The lowest BCUT2D eigenvalue weighted by Gasteiger charge is -2.09. The molecule has 94 valence electrons. The third kappa shape index (κ3) is 4.36. The van der Waals surface area contributed by atoms with Crippen LogP contribution in [0.4, 0.5) is 11.5 Å². The highest BCUT2D eigenvalue weighted by molar-refractivity contribution is 5.48. The Kier molecular flexibility index (Phi) is 4.84. The Hall–Kier alpha value is -1.69. The molecule has 0 aliphatic rings. The Balaban J connectivity index is 2.54. The zero-order valence-electron chi connectivity index (χ0n) is 10.3. The van der Waals surface area contributed by atoms with Gasteiger partial charge in [-0.25, -0.2) is 4.98 Å². The fourth-order valence-electron chi connectivity index (χ4n) is 1.28. The molecule has 0 aliphatic heterocycles. The molecule has 0 unspecified atom stereocenters. The highest BCUT2D eigenvalue weighted by atomic mass is 16.6. The first-order chi connectivity index (χ1) is 8.00. The fraction of sp³-hybridized carbons (Fsp3) is 0.545. The molecular weight excluding hydrogens is 222 g/mol. The molecule has 1 aromatic heterocycles. The molecule has 0 spiro atoms. The van der Waals surface area contributed by atoms with E-state index in [0.717, 1.165) is 0 Å². The summed E-state index contributed by atoms with van der Waals surface area (Å²) in [7, 11) is 0. The van der Waals surface area contributed by atoms with Crippen LogP contribution in [0.1, 0.15) is 19.4 Å². The van der Waals surface area contributed by atoms with Crippen molar-refractivity contribution in [2.75, 3.05) is 18.5 Å². The Bertz CT molecular complexity index is 394. The number of aromatic nitrogens is 1. The molecule has 6 heteroatoms. The minimum absolute atomic E-state index is 0.0762. The van der Waals surface area contributed by atoms with Gasteiger partial charge in [-0.1, -0.05) is 0 Å². The van der Waals surface area contributed by atoms with E-state index in [-0.39, 0.29) is 11.8 Å². The van der Waals surface area contributed by atoms with Crippen LogP contribution in [0, 0.1) is 17.0 Å². The number of anilines is 1. The lowest BCUT2D eigenvalue weighted by molar-refractivity contribution is -0.385. The second-order valence-corrected chi connectivity index (χ2v) is 3.96. The Morgan fingerprint density at radius 2 is 2.29 bits per heavy atom. The van der Waals surface area contributed by atoms with E-state index >= 15 is 0 Å². The van der Waals surface area contributed by atoms with E-state index in [9.17, 15) is 10.1 Å². The predicted octanol–water partition coefficient (Wildman–Crippen LogP) is 2.14. The van der Waals surface area contributed by atoms with Crippen molar-refractivity contribution in [1.82, 2.24) is 4.98 Å². The second-order valence-electron chi connectivity index (χ2n) is 3.96. The molecule has 1 rings (SSSR count). The fourth-order valence-corrected chi connectivity index (χ4v) is 1.28. The zero-order chi connectivity index (χ0) is 12.8. The molecule has 0 saturated carbocycles. The summed E-state index contributed by atoms with van der Waals surface area (Å²) < 4.78 is 5.34. The van der Waals surface area contributed by atoms with Crippen molar-refractivity contribution < 1.29 is 9.66 Å². The van der Waals surface area contributed by atoms with Crippen molar-refractivity contribution in [2.24, 2.45) is 0 Å². The van der Waals surface area contributed by atoms with Crippen molar-refractivity contribution >= 4 is 11.5 Å². The molecule has 0 aliphatic carbocycles. The van der Waals surface area contributed by atoms with Crippen molar-refractivity contribution in [2.45, 2.75) is 26.9 Å². The first-order valence-electron chi connectivity index (χ1n) is 5.47. The van der Waals surface area contributed by atoms with E-state index in [1.54, 1.807) is 6.92 Å². The summed E-state index contributed by atoms with van der Waals surface area (Å²) in [5.74, 6) is 0.495. The van der Waals surface area contributed by atoms with Gasteiger partial charge in [-0.2, -0.15) is 0 Å². The molecule has 0 radical (unpaired) electrons. The van der Waals surface area contributed by atoms with E-state index in [0.29, 0.717) is 24.5 Å². The molecule has 0 saturated heterocycles. The van der Waals surface area contributed by atoms with E-state index in [1.807, 2.05) is 13.8 Å². The largest absolute Gasteiger partial charge is 0.377 e. The molecule has 1 N–H and O–H groups in total. The van der Waals surface area contributed by atoms with Gasteiger partial charge in [0.25, 0.3) is 5.69 Å². The predicted molar refractivity (Wildman–Crippen MR) is 65.2 cm³/mol. The van der Waals surface area contributed by atoms with Crippen LogP contribution in [-0.2, 0) is 4.74 Å². The molecule has 6 nitrogen and oxygen atoms in total. The summed E-state index contributed by atoms with van der Waals surface area (Å²) >= 11 is 0. The van der Waals surface area contributed by atoms with Crippen LogP contribution in [0.2, 0.25) is 0 Å². The lowest BCUT2D eigenvalue weighted by Crippen LogP contribution is -2.14. The summed E-state index contributed by atoms with van der Waals surface area (Å²) in [6.45, 7) is 6.69. The molecule has 1 heterocycles. The number of nitro groups is 1. The van der Waals surface area contributed by atoms with Crippen molar-refractivity contribution in [3.63, 3.8) is 0 Å². The molecule has 0 bridgehead atoms. The van der Waals surface area contributed by atoms with Crippen LogP contribution in [0.3, 0.4) is 0 Å². The van der Waals surface area contributed by atoms with E-state index in [2.05, 4.69) is 10.3 Å². The van der Waals surface area contributed by atoms with Crippen LogP contribution in [0.5, 0.6) is 0 Å². The van der Waals surface area contributed by atoms with Crippen LogP contribution in [-0.4, -0.2) is 29.2 Å². The molecular formula is C11H17N3O3. The Labute approximate surface area is 100 Å². The minimum atomic E-state index is -0.410. The average Bonchev–Trinajstić information content (AvgIpc) is 2.25. The van der Waals surface area contributed by atoms with Gasteiger partial charge in [0.1, 0.15) is 5.82 Å². The van der Waals surface area contributed by atoms with Gasteiger partial charge in [0.15, 0.2) is 0 Å². The van der Waals surface area contributed by atoms with Gasteiger partial charge in [0, 0.05) is 18.3 Å². The molecule has 0 amide bonds. The van der Waals surface area contributed by atoms with Gasteiger partial charge in [0.05, 0.1) is 23.7 Å². The van der Waals surface area contributed by atoms with Gasteiger partial charge in [0.2, 0.25) is 0 Å². The number of hydrogen-bond acceptors (Lipinski definition) is 5. The standard InChI is InChI=1S/C11H17N3O3/c1-8(2)17-5-4-12-11-6-10(14(15)16)9(3)7-13-11/h6-8H,4-5H2,1-3H3,(H,12,13). The van der Waals surface area contributed by atoms with Crippen LogP contribution < -0.4 is 5.32 Å². The third-order valence-corrected chi connectivity index (χ3v) is 2.13. The number of nitrogens with one attached hydrogen (secondary N) is 1. The maximum absolute atomic E-state index is 10.7. The van der Waals surface area contributed by atoms with Crippen molar-refractivity contribution in [3.05, 3.63) is 27.9 Å². The maximum atomic E-state index is 10.7. The number of ether oxygens (including phenoxy) is 1. The van der Waals surface area contributed by atoms with E-state index < -0.39 is 4.92 Å². The van der Waals surface area contributed by atoms with Gasteiger partial charge < -0.3 is 10.1 Å². The summed E-state index contributed by atoms with van der Waals surface area (Å²) in [5.41, 5.74) is 0.631. The smallest absolute Gasteiger partial charge is 0.277 e. The zero-order valence-corrected chi connectivity index (χ0v) is 10.3. The highest BCUT2D eigenvalue weighted by Gasteiger charge is 2.11. The minimum Gasteiger partial charge on any atom is -0.377 e. The first-order valence-corrected chi connectivity index (χ1v) is 5.47. The van der Waals surface area contributed by atoms with Gasteiger partial charge in [-0.3, -0.25) is 10.1 Å². The molecule has 17 heavy (non-hydrogen) atoms. The normalized spacial score (nSPS) is 10.6. The SMILES string of the molecule is Cc1cnc(NCCOC(C)C)cc1[N+](=O)[O-]. The monoisotopic (exact) mass is 239 g/mol. The van der Waals surface area contributed by atoms with Crippen molar-refractivity contribution in [1.29, 1.82) is 0 Å². The molecule has 0 fully saturated rings. The molecule has 0 aromatic carbocycles. The number of rotatable bonds is 6. The highest BCUT2D eigenvalue weighted by Crippen LogP contribution is 2.19. The number of aryl methyl sites for hydroxylation is 1. The van der Waals surface area contributed by atoms with Crippen molar-refractivity contribution in [3.8, 4) is 0 Å². The van der Waals surface area contributed by atoms with Gasteiger partial charge in [-0.15, -0.1) is 0 Å². The van der Waals surface area contributed by atoms with E-state index in [1.165, 1.54) is 12.3 Å². The quantitative estimate of drug-likeness (QED) is 0.467. The Morgan fingerprint density at radius 3 is 2.88 bits per heavy atom.